The van der Waals surface area contributed by atoms with E-state index in [1.54, 1.807) is 0 Å². The molecule has 1 N–H and O–H groups in total. The van der Waals surface area contributed by atoms with Gasteiger partial charge in [-0.3, -0.25) is 4.79 Å². The first-order valence-electron chi connectivity index (χ1n) is 6.32. The van der Waals surface area contributed by atoms with Gasteiger partial charge < -0.3 is 5.32 Å². The molecule has 4 heteroatoms. The van der Waals surface area contributed by atoms with Crippen LogP contribution >= 0.6 is 0 Å². The maximum Gasteiger partial charge on any atom is 0.137 e. The fourth-order valence-electron chi connectivity index (χ4n) is 2.38. The van der Waals surface area contributed by atoms with Crippen molar-refractivity contribution in [3.63, 3.8) is 0 Å². The Hall–Kier alpha value is -1.29. The monoisotopic (exact) mass is 253 g/mol. The molecule has 0 atom stereocenters. The Labute approximate surface area is 105 Å². The van der Waals surface area contributed by atoms with Gasteiger partial charge in [0.25, 0.3) is 0 Å². The van der Waals surface area contributed by atoms with Crippen molar-refractivity contribution in [3.05, 3.63) is 35.4 Å². The van der Waals surface area contributed by atoms with E-state index in [9.17, 15) is 13.6 Å². The summed E-state index contributed by atoms with van der Waals surface area (Å²) in [7, 11) is 0. The Morgan fingerprint density at radius 2 is 1.83 bits per heavy atom. The van der Waals surface area contributed by atoms with Crippen LogP contribution in [0.2, 0.25) is 0 Å². The maximum absolute atomic E-state index is 13.4. The number of halogens is 2. The number of hydrogen-bond acceptors (Lipinski definition) is 2. The Morgan fingerprint density at radius 3 is 2.44 bits per heavy atom. The van der Waals surface area contributed by atoms with Crippen molar-refractivity contribution in [1.29, 1.82) is 0 Å². The van der Waals surface area contributed by atoms with Gasteiger partial charge in [0.1, 0.15) is 17.4 Å². The molecule has 0 radical (unpaired) electrons. The summed E-state index contributed by atoms with van der Waals surface area (Å²) in [4.78, 5) is 11.8. The minimum absolute atomic E-state index is 0.0779. The van der Waals surface area contributed by atoms with E-state index in [-0.39, 0.29) is 17.8 Å². The molecule has 0 unspecified atom stereocenters. The van der Waals surface area contributed by atoms with Gasteiger partial charge in [-0.1, -0.05) is 6.07 Å². The van der Waals surface area contributed by atoms with Crippen molar-refractivity contribution in [1.82, 2.24) is 5.32 Å². The van der Waals surface area contributed by atoms with Crippen molar-refractivity contribution < 1.29 is 13.6 Å². The van der Waals surface area contributed by atoms with Crippen LogP contribution in [0.25, 0.3) is 0 Å². The van der Waals surface area contributed by atoms with Crippen LogP contribution < -0.4 is 5.32 Å². The third kappa shape index (κ3) is 3.35. The number of benzene rings is 1. The highest BCUT2D eigenvalue weighted by atomic mass is 19.1. The standard InChI is InChI=1S/C14H17F2NO/c15-13-2-1-3-14(16)12(13)9-11(18)8-10-4-6-17-7-5-10/h1-3,10,17H,4-9H2. The molecule has 1 aromatic carbocycles. The summed E-state index contributed by atoms with van der Waals surface area (Å²) in [6.07, 6.45) is 2.22. The summed E-state index contributed by atoms with van der Waals surface area (Å²) in [5, 5.41) is 3.22. The number of carbonyl (C=O) groups is 1. The van der Waals surface area contributed by atoms with Crippen LogP contribution in [0.15, 0.2) is 18.2 Å². The molecular weight excluding hydrogens is 236 g/mol. The van der Waals surface area contributed by atoms with Crippen molar-refractivity contribution >= 4 is 5.78 Å². The van der Waals surface area contributed by atoms with E-state index >= 15 is 0 Å². The minimum Gasteiger partial charge on any atom is -0.317 e. The third-order valence-corrected chi connectivity index (χ3v) is 3.41. The van der Waals surface area contributed by atoms with Crippen LogP contribution in [-0.2, 0) is 11.2 Å². The highest BCUT2D eigenvalue weighted by Gasteiger charge is 2.19. The number of carbonyl (C=O) groups excluding carboxylic acids is 1. The molecule has 1 aliphatic heterocycles. The van der Waals surface area contributed by atoms with E-state index in [2.05, 4.69) is 5.32 Å². The molecule has 1 heterocycles. The quantitative estimate of drug-likeness (QED) is 0.893. The molecule has 18 heavy (non-hydrogen) atoms. The van der Waals surface area contributed by atoms with E-state index in [0.717, 1.165) is 25.9 Å². The van der Waals surface area contributed by atoms with Crippen LogP contribution in [0, 0.1) is 17.6 Å². The SMILES string of the molecule is O=C(Cc1c(F)cccc1F)CC1CCNCC1. The van der Waals surface area contributed by atoms with E-state index in [4.69, 9.17) is 0 Å². The Bertz CT molecular complexity index is 408. The van der Waals surface area contributed by atoms with Crippen LogP contribution in [0.5, 0.6) is 0 Å². The molecule has 0 amide bonds. The normalized spacial score (nSPS) is 16.8. The third-order valence-electron chi connectivity index (χ3n) is 3.41. The number of rotatable bonds is 4. The second-order valence-electron chi connectivity index (χ2n) is 4.81. The molecule has 0 spiro atoms. The van der Waals surface area contributed by atoms with Crippen molar-refractivity contribution in [2.45, 2.75) is 25.7 Å². The number of nitrogens with one attached hydrogen (secondary N) is 1. The molecular formula is C14H17F2NO. The molecule has 1 saturated heterocycles. The number of Topliss-reactive ketones (excluding diaryl/α,β-unsaturated/α-hetero) is 1. The summed E-state index contributed by atoms with van der Waals surface area (Å²) in [5.74, 6) is -0.984. The van der Waals surface area contributed by atoms with Gasteiger partial charge in [-0.25, -0.2) is 8.78 Å². The maximum atomic E-state index is 13.4. The number of hydrogen-bond donors (Lipinski definition) is 1. The van der Waals surface area contributed by atoms with E-state index in [1.807, 2.05) is 0 Å². The summed E-state index contributed by atoms with van der Waals surface area (Å²) in [5.41, 5.74) is -0.101. The average molecular weight is 253 g/mol. The Morgan fingerprint density at radius 1 is 1.22 bits per heavy atom. The zero-order valence-electron chi connectivity index (χ0n) is 10.2. The van der Waals surface area contributed by atoms with Crippen LogP contribution in [-0.4, -0.2) is 18.9 Å². The van der Waals surface area contributed by atoms with Crippen LogP contribution in [0.3, 0.4) is 0 Å². The Kier molecular flexibility index (Phi) is 4.42. The molecule has 2 rings (SSSR count). The highest BCUT2D eigenvalue weighted by Crippen LogP contribution is 2.19. The smallest absolute Gasteiger partial charge is 0.137 e. The van der Waals surface area contributed by atoms with Crippen molar-refractivity contribution in [2.24, 2.45) is 5.92 Å². The zero-order valence-corrected chi connectivity index (χ0v) is 10.2. The van der Waals surface area contributed by atoms with Crippen LogP contribution in [0.4, 0.5) is 8.78 Å². The van der Waals surface area contributed by atoms with E-state index in [0.29, 0.717) is 12.3 Å². The van der Waals surface area contributed by atoms with Gasteiger partial charge in [-0.15, -0.1) is 0 Å². The summed E-state index contributed by atoms with van der Waals surface area (Å²) in [6.45, 7) is 1.85. The van der Waals surface area contributed by atoms with Crippen molar-refractivity contribution in [2.75, 3.05) is 13.1 Å². The zero-order chi connectivity index (χ0) is 13.0. The molecule has 98 valence electrons. The molecule has 2 nitrogen and oxygen atoms in total. The number of ketones is 1. The highest BCUT2D eigenvalue weighted by molar-refractivity contribution is 5.81. The molecule has 1 fully saturated rings. The van der Waals surface area contributed by atoms with E-state index in [1.165, 1.54) is 18.2 Å². The molecule has 0 saturated carbocycles. The van der Waals surface area contributed by atoms with Gasteiger partial charge in [0.05, 0.1) is 0 Å². The Balaban J connectivity index is 1.94. The first-order chi connectivity index (χ1) is 8.66. The van der Waals surface area contributed by atoms with Gasteiger partial charge in [0.15, 0.2) is 0 Å². The molecule has 0 bridgehead atoms. The van der Waals surface area contributed by atoms with Gasteiger partial charge in [-0.2, -0.15) is 0 Å². The van der Waals surface area contributed by atoms with Gasteiger partial charge in [0, 0.05) is 18.4 Å². The fourth-order valence-corrected chi connectivity index (χ4v) is 2.38. The second kappa shape index (κ2) is 6.05. The van der Waals surface area contributed by atoms with Gasteiger partial charge >= 0.3 is 0 Å². The summed E-state index contributed by atoms with van der Waals surface area (Å²) >= 11 is 0. The molecule has 1 aromatic rings. The predicted octanol–water partition coefficient (Wildman–Crippen LogP) is 2.47. The summed E-state index contributed by atoms with van der Waals surface area (Å²) in [6, 6.07) is 3.69. The lowest BCUT2D eigenvalue weighted by Gasteiger charge is -2.21. The first kappa shape index (κ1) is 13.1. The first-order valence-corrected chi connectivity index (χ1v) is 6.32. The lowest BCUT2D eigenvalue weighted by molar-refractivity contribution is -0.119. The lowest BCUT2D eigenvalue weighted by Crippen LogP contribution is -2.29. The lowest BCUT2D eigenvalue weighted by atomic mass is 9.91. The van der Waals surface area contributed by atoms with Crippen LogP contribution in [0.1, 0.15) is 24.8 Å². The summed E-state index contributed by atoms with van der Waals surface area (Å²) < 4.78 is 26.8. The molecule has 0 aromatic heterocycles. The van der Waals surface area contributed by atoms with Crippen molar-refractivity contribution in [3.8, 4) is 0 Å². The fraction of sp³-hybridized carbons (Fsp3) is 0.500. The number of piperidine rings is 1. The average Bonchev–Trinajstić information content (AvgIpc) is 2.35. The van der Waals surface area contributed by atoms with Gasteiger partial charge in [-0.05, 0) is 44.0 Å². The molecule has 1 aliphatic rings. The second-order valence-corrected chi connectivity index (χ2v) is 4.81. The van der Waals surface area contributed by atoms with E-state index < -0.39 is 11.6 Å². The largest absolute Gasteiger partial charge is 0.317 e. The van der Waals surface area contributed by atoms with Gasteiger partial charge in [0.2, 0.25) is 0 Å². The molecule has 0 aliphatic carbocycles. The minimum atomic E-state index is -0.631. The predicted molar refractivity (Wildman–Crippen MR) is 65.3 cm³/mol. The topological polar surface area (TPSA) is 29.1 Å².